The highest BCUT2D eigenvalue weighted by Gasteiger charge is 2.37. The van der Waals surface area contributed by atoms with Crippen LogP contribution in [0.4, 0.5) is 5.82 Å². The Hall–Kier alpha value is -5.65. The Labute approximate surface area is 362 Å². The zero-order valence-corrected chi connectivity index (χ0v) is 37.6. The van der Waals surface area contributed by atoms with Gasteiger partial charge >= 0.3 is 47.8 Å². The van der Waals surface area contributed by atoms with Gasteiger partial charge in [-0.05, 0) is 69.2 Å². The molecule has 2 heterocycles. The zero-order chi connectivity index (χ0) is 47.1. The Morgan fingerprint density at radius 1 is 0.597 bits per heavy atom. The van der Waals surface area contributed by atoms with Gasteiger partial charge in [0.25, 0.3) is 11.8 Å². The summed E-state index contributed by atoms with van der Waals surface area (Å²) < 4.78 is 60.5. The van der Waals surface area contributed by atoms with E-state index < -0.39 is 108 Å². The minimum absolute atomic E-state index is 0.145. The van der Waals surface area contributed by atoms with Gasteiger partial charge in [0.2, 0.25) is 5.82 Å². The molecule has 1 fully saturated rings. The highest BCUT2D eigenvalue weighted by molar-refractivity contribution is 6.99. The summed E-state index contributed by atoms with van der Waals surface area (Å²) in [7, 11) is 0. The number of morpholine rings is 1. The van der Waals surface area contributed by atoms with Gasteiger partial charge in [-0.25, -0.2) is 28.8 Å². The van der Waals surface area contributed by atoms with Crippen LogP contribution in [0.25, 0.3) is 0 Å². The topological polar surface area (TPSA) is 278 Å². The van der Waals surface area contributed by atoms with Crippen LogP contribution < -0.4 is 9.64 Å². The number of ether oxygens (including phenoxy) is 10. The fourth-order valence-corrected chi connectivity index (χ4v) is 5.62. The highest BCUT2D eigenvalue weighted by Crippen LogP contribution is 2.27. The fraction of sp³-hybridized carbons (Fsp3) is 0.711. The lowest BCUT2D eigenvalue weighted by molar-refractivity contribution is -0.188. The number of carbonyl (C=O) groups is 9. The molecule has 1 saturated heterocycles. The van der Waals surface area contributed by atoms with Gasteiger partial charge in [0, 0.05) is 32.5 Å². The Morgan fingerprint density at radius 3 is 1.35 bits per heavy atom. The van der Waals surface area contributed by atoms with Gasteiger partial charge in [-0.2, -0.15) is 4.37 Å². The summed E-state index contributed by atoms with van der Waals surface area (Å²) in [6.07, 6.45) is -11.7. The molecule has 1 aliphatic heterocycles. The molecule has 7 unspecified atom stereocenters. The third-order valence-electron chi connectivity index (χ3n) is 8.39. The van der Waals surface area contributed by atoms with Gasteiger partial charge in [-0.3, -0.25) is 14.4 Å². The largest absolute Gasteiger partial charge is 0.470 e. The van der Waals surface area contributed by atoms with Crippen molar-refractivity contribution < 1.29 is 90.5 Å². The van der Waals surface area contributed by atoms with E-state index in [0.717, 1.165) is 53.3 Å². The number of esters is 8. The lowest BCUT2D eigenvalue weighted by atomic mass is 10.0. The van der Waals surface area contributed by atoms with E-state index in [0.29, 0.717) is 32.1 Å². The van der Waals surface area contributed by atoms with Crippen LogP contribution in [0.15, 0.2) is 0 Å². The van der Waals surface area contributed by atoms with Gasteiger partial charge in [0.15, 0.2) is 48.8 Å². The molecule has 23 nitrogen and oxygen atoms in total. The van der Waals surface area contributed by atoms with E-state index in [2.05, 4.69) is 13.5 Å². The van der Waals surface area contributed by atoms with Crippen LogP contribution in [-0.2, 0) is 85.8 Å². The first-order valence-corrected chi connectivity index (χ1v) is 20.2. The van der Waals surface area contributed by atoms with Crippen molar-refractivity contribution in [3.05, 3.63) is 0 Å². The second kappa shape index (κ2) is 24.1. The summed E-state index contributed by atoms with van der Waals surface area (Å²) >= 11 is 0.900. The summed E-state index contributed by atoms with van der Waals surface area (Å²) in [5, 5.41) is 0. The predicted molar refractivity (Wildman–Crippen MR) is 210 cm³/mol. The molecule has 0 aliphatic carbocycles. The van der Waals surface area contributed by atoms with Crippen molar-refractivity contribution in [2.24, 2.45) is 0 Å². The lowest BCUT2D eigenvalue weighted by Crippen LogP contribution is -2.54. The van der Waals surface area contributed by atoms with E-state index in [9.17, 15) is 43.2 Å². The molecule has 2 rings (SSSR count). The van der Waals surface area contributed by atoms with E-state index in [-0.39, 0.29) is 19.0 Å². The number of hydrogen-bond donors (Lipinski definition) is 0. The summed E-state index contributed by atoms with van der Waals surface area (Å²) in [6, 6.07) is 0. The van der Waals surface area contributed by atoms with Crippen molar-refractivity contribution in [3.8, 4) is 5.88 Å². The van der Waals surface area contributed by atoms with Crippen molar-refractivity contribution in [1.29, 1.82) is 0 Å². The van der Waals surface area contributed by atoms with Gasteiger partial charge in [0.1, 0.15) is 6.61 Å². The summed E-state index contributed by atoms with van der Waals surface area (Å²) in [5.41, 5.74) is -0.884. The second-order valence-electron chi connectivity index (χ2n) is 14.9. The van der Waals surface area contributed by atoms with Gasteiger partial charge in [-0.1, -0.05) is 0 Å². The number of amides is 1. The molecule has 0 bridgehead atoms. The number of nitrogens with zero attached hydrogens (tertiary/aromatic N) is 4. The summed E-state index contributed by atoms with van der Waals surface area (Å²) in [5.74, 6) is -8.30. The molecule has 348 valence electrons. The quantitative estimate of drug-likeness (QED) is 0.122. The first-order chi connectivity index (χ1) is 28.8. The molecule has 1 aromatic rings. The average Bonchev–Trinajstić information content (AvgIpc) is 3.66. The molecule has 1 amide bonds. The van der Waals surface area contributed by atoms with Crippen LogP contribution in [0.2, 0.25) is 0 Å². The van der Waals surface area contributed by atoms with Gasteiger partial charge < -0.3 is 57.2 Å². The molecule has 1 aromatic heterocycles. The number of anilines is 1. The molecular weight excluding hydrogens is 848 g/mol. The molecular formula is C38H56N4O19S. The normalized spacial score (nSPS) is 16.5. The molecule has 0 radical (unpaired) electrons. The fourth-order valence-electron chi connectivity index (χ4n) is 5.10. The molecule has 0 saturated carbocycles. The van der Waals surface area contributed by atoms with Crippen LogP contribution in [-0.4, -0.2) is 161 Å². The Kier molecular flexibility index (Phi) is 20.4. The standard InChI is InChI=1S/C38H56N4O19S/c1-19(54-26(8)43)31(45)42(38(10,11)12)17-28(18-53-30-29(39-62-40-30)41-13-15-52-16-14-41)61-37(51)25(7)60-36(50)24(6)59-35(49)23(5)58-34(48)22(4)57-33(47)21(3)56-32(46)20(2)55-27(9)44/h19-25,28H,13-18H2,1-12H3/t19?,20?,21?,22?,23?,24?,25?,28-/m0/s1. The third kappa shape index (κ3) is 17.0. The molecule has 62 heavy (non-hydrogen) atoms. The monoisotopic (exact) mass is 904 g/mol. The van der Waals surface area contributed by atoms with Gasteiger partial charge in [0.05, 0.1) is 31.5 Å². The Morgan fingerprint density at radius 2 is 0.968 bits per heavy atom. The number of rotatable bonds is 21. The zero-order valence-electron chi connectivity index (χ0n) is 36.8. The SMILES string of the molecule is CC(=O)OC(C)C(=O)OC(C)C(=O)OC(C)C(=O)OC(C)C(=O)OC(C)C(=O)OC(C)C(=O)O[C@H](COc1nsnc1N1CCOCC1)CN(C(=O)C(C)OC(C)=O)C(C)(C)C. The Bertz CT molecular complexity index is 1760. The second-order valence-corrected chi connectivity index (χ2v) is 15.4. The van der Waals surface area contributed by atoms with Crippen LogP contribution in [0.5, 0.6) is 5.88 Å². The van der Waals surface area contributed by atoms with Crippen LogP contribution in [0.3, 0.4) is 0 Å². The third-order valence-corrected chi connectivity index (χ3v) is 8.90. The minimum atomic E-state index is -1.63. The maximum atomic E-state index is 13.5. The highest BCUT2D eigenvalue weighted by atomic mass is 32.1. The average molecular weight is 905 g/mol. The molecule has 24 heteroatoms. The summed E-state index contributed by atoms with van der Waals surface area (Å²) in [4.78, 5) is 115. The lowest BCUT2D eigenvalue weighted by Gasteiger charge is -2.39. The first-order valence-electron chi connectivity index (χ1n) is 19.5. The minimum Gasteiger partial charge on any atom is -0.470 e. The van der Waals surface area contributed by atoms with E-state index in [1.807, 2.05) is 4.90 Å². The molecule has 0 spiro atoms. The molecule has 0 N–H and O–H groups in total. The molecule has 8 atom stereocenters. The maximum absolute atomic E-state index is 13.5. The maximum Gasteiger partial charge on any atom is 0.347 e. The van der Waals surface area contributed by atoms with Crippen LogP contribution >= 0.6 is 11.7 Å². The van der Waals surface area contributed by atoms with Crippen molar-refractivity contribution in [3.63, 3.8) is 0 Å². The smallest absolute Gasteiger partial charge is 0.347 e. The van der Waals surface area contributed by atoms with Crippen LogP contribution in [0.1, 0.15) is 83.1 Å². The van der Waals surface area contributed by atoms with Crippen LogP contribution in [0, 0.1) is 0 Å². The van der Waals surface area contributed by atoms with E-state index in [4.69, 9.17) is 42.6 Å². The number of carbonyl (C=O) groups excluding carboxylic acids is 9. The van der Waals surface area contributed by atoms with Crippen molar-refractivity contribution in [2.75, 3.05) is 44.4 Å². The first kappa shape index (κ1) is 52.5. The van der Waals surface area contributed by atoms with Crippen molar-refractivity contribution in [2.45, 2.75) is 137 Å². The number of hydrogen-bond acceptors (Lipinski definition) is 23. The van der Waals surface area contributed by atoms with Crippen molar-refractivity contribution in [1.82, 2.24) is 13.6 Å². The molecule has 1 aliphatic rings. The Balaban J connectivity index is 2.07. The van der Waals surface area contributed by atoms with E-state index >= 15 is 0 Å². The van der Waals surface area contributed by atoms with Gasteiger partial charge in [-0.15, -0.1) is 4.37 Å². The van der Waals surface area contributed by atoms with E-state index in [1.165, 1.54) is 25.7 Å². The van der Waals surface area contributed by atoms with E-state index in [1.54, 1.807) is 20.8 Å². The summed E-state index contributed by atoms with van der Waals surface area (Å²) in [6.45, 7) is 17.1. The number of aromatic nitrogens is 2. The van der Waals surface area contributed by atoms with Crippen molar-refractivity contribution >= 4 is 71.2 Å². The predicted octanol–water partition coefficient (Wildman–Crippen LogP) is 0.854. The molecule has 0 aromatic carbocycles.